The molecule has 0 spiro atoms. The van der Waals surface area contributed by atoms with Crippen LogP contribution in [0.25, 0.3) is 0 Å². The summed E-state index contributed by atoms with van der Waals surface area (Å²) in [5.41, 5.74) is -12.3. The first-order valence-corrected chi connectivity index (χ1v) is 10.1. The molecule has 0 aliphatic carbocycles. The molecule has 1 N–H and O–H groups in total. The van der Waals surface area contributed by atoms with E-state index in [4.69, 9.17) is 4.74 Å². The lowest BCUT2D eigenvalue weighted by atomic mass is 10.5. The number of ether oxygens (including phenoxy) is 1. The predicted octanol–water partition coefficient (Wildman–Crippen LogP) is 0.891. The Labute approximate surface area is 157 Å². The molecule has 0 aromatic carbocycles. The SMILES string of the molecule is CCCOC(=O)CN1C=CN(C)C1.O=S(=O)(NS(=O)(=O)C(F)(F)F)C(F)(F)F. The van der Waals surface area contributed by atoms with Gasteiger partial charge in [-0.15, -0.1) is 0 Å². The van der Waals surface area contributed by atoms with Crippen LogP contribution in [-0.4, -0.2) is 70.5 Å². The molecular weight excluding hydrogens is 448 g/mol. The van der Waals surface area contributed by atoms with E-state index in [-0.39, 0.29) is 5.97 Å². The van der Waals surface area contributed by atoms with Gasteiger partial charge < -0.3 is 14.5 Å². The van der Waals surface area contributed by atoms with Gasteiger partial charge in [0.15, 0.2) is 0 Å². The average Bonchev–Trinajstić information content (AvgIpc) is 2.87. The molecule has 17 heteroatoms. The van der Waals surface area contributed by atoms with Crippen molar-refractivity contribution in [3.8, 4) is 0 Å². The Kier molecular flexibility index (Phi) is 9.04. The standard InChI is InChI=1S/C9H16N2O2.C2HF6NO4S2/c1-3-6-13-9(12)7-11-5-4-10(2)8-11;3-1(4,5)14(10,11)9-15(12,13)2(6,7)8/h4-5H,3,6-8H2,1-2H3;9H. The second-order valence-corrected chi connectivity index (χ2v) is 8.75. The van der Waals surface area contributed by atoms with Gasteiger partial charge in [0.05, 0.1) is 13.3 Å². The number of halogens is 6. The van der Waals surface area contributed by atoms with Gasteiger partial charge in [-0.2, -0.15) is 26.3 Å². The molecular formula is C11H17F6N3O6S2. The van der Waals surface area contributed by atoms with Crippen LogP contribution in [0.2, 0.25) is 0 Å². The molecule has 9 nitrogen and oxygen atoms in total. The lowest BCUT2D eigenvalue weighted by molar-refractivity contribution is -0.144. The van der Waals surface area contributed by atoms with Gasteiger partial charge in [-0.3, -0.25) is 4.79 Å². The van der Waals surface area contributed by atoms with Gasteiger partial charge in [-0.25, -0.2) is 16.8 Å². The quantitative estimate of drug-likeness (QED) is 0.455. The first-order chi connectivity index (χ1) is 12.4. The van der Waals surface area contributed by atoms with Gasteiger partial charge in [-0.1, -0.05) is 11.1 Å². The molecule has 1 heterocycles. The minimum absolute atomic E-state index is 0.151. The fourth-order valence-corrected chi connectivity index (χ4v) is 3.27. The van der Waals surface area contributed by atoms with Gasteiger partial charge in [0.25, 0.3) is 0 Å². The first-order valence-electron chi connectivity index (χ1n) is 7.12. The van der Waals surface area contributed by atoms with Gasteiger partial charge in [0.1, 0.15) is 6.54 Å². The van der Waals surface area contributed by atoms with E-state index < -0.39 is 35.2 Å². The van der Waals surface area contributed by atoms with E-state index in [0.29, 0.717) is 13.2 Å². The number of nitrogens with zero attached hydrogens (tertiary/aromatic N) is 2. The summed E-state index contributed by atoms with van der Waals surface area (Å²) in [5.74, 6) is -0.151. The number of nitrogens with one attached hydrogen (secondary N) is 1. The largest absolute Gasteiger partial charge is 0.512 e. The number of esters is 1. The molecule has 0 bridgehead atoms. The minimum Gasteiger partial charge on any atom is -0.464 e. The van der Waals surface area contributed by atoms with Gasteiger partial charge in [-0.05, 0) is 6.42 Å². The molecule has 0 unspecified atom stereocenters. The molecule has 1 aliphatic rings. The number of carbonyl (C=O) groups is 1. The molecule has 28 heavy (non-hydrogen) atoms. The Morgan fingerprint density at radius 1 is 1.04 bits per heavy atom. The van der Waals surface area contributed by atoms with E-state index >= 15 is 0 Å². The normalized spacial score (nSPS) is 15.3. The Hall–Kier alpha value is -1.75. The third kappa shape index (κ3) is 8.51. The summed E-state index contributed by atoms with van der Waals surface area (Å²) in [6.07, 6.45) is 4.71. The molecule has 1 aliphatic heterocycles. The smallest absolute Gasteiger partial charge is 0.464 e. The van der Waals surface area contributed by atoms with Crippen LogP contribution < -0.4 is 4.13 Å². The number of alkyl halides is 6. The lowest BCUT2D eigenvalue weighted by Gasteiger charge is -2.16. The Balaban J connectivity index is 0.000000525. The maximum atomic E-state index is 11.5. The van der Waals surface area contributed by atoms with Crippen LogP contribution in [0.5, 0.6) is 0 Å². The molecule has 166 valence electrons. The summed E-state index contributed by atoms with van der Waals surface area (Å²) in [6, 6.07) is 0. The molecule has 0 aromatic rings. The number of sulfonamides is 2. The maximum Gasteiger partial charge on any atom is 0.512 e. The molecule has 0 fully saturated rings. The highest BCUT2D eigenvalue weighted by atomic mass is 32.3. The zero-order valence-electron chi connectivity index (χ0n) is 14.4. The van der Waals surface area contributed by atoms with Crippen LogP contribution in [-0.2, 0) is 29.6 Å². The fourth-order valence-electron chi connectivity index (χ4n) is 1.36. The second-order valence-electron chi connectivity index (χ2n) is 5.15. The van der Waals surface area contributed by atoms with Crippen molar-refractivity contribution in [1.29, 1.82) is 0 Å². The molecule has 0 saturated carbocycles. The van der Waals surface area contributed by atoms with Crippen molar-refractivity contribution < 1.29 is 52.7 Å². The third-order valence-electron chi connectivity index (χ3n) is 2.56. The molecule has 0 saturated heterocycles. The summed E-state index contributed by atoms with van der Waals surface area (Å²) in [7, 11) is -11.2. The highest BCUT2D eigenvalue weighted by Crippen LogP contribution is 2.27. The van der Waals surface area contributed by atoms with Crippen molar-refractivity contribution in [2.24, 2.45) is 0 Å². The summed E-state index contributed by atoms with van der Waals surface area (Å²) < 4.78 is 113. The van der Waals surface area contributed by atoms with Crippen LogP contribution in [0.4, 0.5) is 26.3 Å². The van der Waals surface area contributed by atoms with Crippen molar-refractivity contribution in [3.05, 3.63) is 12.4 Å². The van der Waals surface area contributed by atoms with Crippen LogP contribution >= 0.6 is 0 Å². The third-order valence-corrected chi connectivity index (χ3v) is 5.54. The van der Waals surface area contributed by atoms with Crippen LogP contribution in [0.15, 0.2) is 12.4 Å². The number of hydrogen-bond acceptors (Lipinski definition) is 8. The van der Waals surface area contributed by atoms with E-state index in [1.165, 1.54) is 0 Å². The second kappa shape index (κ2) is 9.64. The lowest BCUT2D eigenvalue weighted by Crippen LogP contribution is -2.45. The molecule has 0 atom stereocenters. The number of carbonyl (C=O) groups excluding carboxylic acids is 1. The number of hydrogen-bond donors (Lipinski definition) is 1. The number of rotatable bonds is 6. The van der Waals surface area contributed by atoms with E-state index in [1.54, 1.807) is 0 Å². The fraction of sp³-hybridized carbons (Fsp3) is 0.727. The average molecular weight is 465 g/mol. The maximum absolute atomic E-state index is 11.5. The Morgan fingerprint density at radius 2 is 1.50 bits per heavy atom. The van der Waals surface area contributed by atoms with Crippen molar-refractivity contribution in [3.63, 3.8) is 0 Å². The van der Waals surface area contributed by atoms with Crippen LogP contribution in [0.1, 0.15) is 13.3 Å². The van der Waals surface area contributed by atoms with Gasteiger partial charge in [0.2, 0.25) is 0 Å². The van der Waals surface area contributed by atoms with Crippen molar-refractivity contribution >= 4 is 26.0 Å². The molecule has 0 amide bonds. The Bertz CT molecular complexity index is 721. The van der Waals surface area contributed by atoms with Gasteiger partial charge in [0, 0.05) is 19.4 Å². The van der Waals surface area contributed by atoms with Gasteiger partial charge >= 0.3 is 37.0 Å². The van der Waals surface area contributed by atoms with Crippen LogP contribution in [0, 0.1) is 0 Å². The topological polar surface area (TPSA) is 113 Å². The zero-order valence-corrected chi connectivity index (χ0v) is 16.0. The highest BCUT2D eigenvalue weighted by molar-refractivity contribution is 8.05. The predicted molar refractivity (Wildman–Crippen MR) is 82.8 cm³/mol. The summed E-state index contributed by atoms with van der Waals surface area (Å²) >= 11 is 0. The summed E-state index contributed by atoms with van der Waals surface area (Å²) in [6.45, 7) is 3.62. The zero-order chi connectivity index (χ0) is 22.4. The van der Waals surface area contributed by atoms with Crippen molar-refractivity contribution in [2.75, 3.05) is 26.9 Å². The van der Waals surface area contributed by atoms with E-state index in [1.807, 2.05) is 36.2 Å². The highest BCUT2D eigenvalue weighted by Gasteiger charge is 2.55. The minimum atomic E-state index is -6.60. The summed E-state index contributed by atoms with van der Waals surface area (Å²) in [5, 5.41) is 0. The van der Waals surface area contributed by atoms with Crippen LogP contribution in [0.3, 0.4) is 0 Å². The first kappa shape index (κ1) is 26.2. The molecule has 0 aromatic heterocycles. The monoisotopic (exact) mass is 465 g/mol. The van der Waals surface area contributed by atoms with E-state index in [0.717, 1.165) is 13.1 Å². The molecule has 0 radical (unpaired) electrons. The Morgan fingerprint density at radius 3 is 1.82 bits per heavy atom. The van der Waals surface area contributed by atoms with Crippen molar-refractivity contribution in [1.82, 2.24) is 13.9 Å². The molecule has 1 rings (SSSR count). The van der Waals surface area contributed by atoms with Crippen molar-refractivity contribution in [2.45, 2.75) is 24.4 Å². The summed E-state index contributed by atoms with van der Waals surface area (Å²) in [4.78, 5) is 15.1. The van der Waals surface area contributed by atoms with E-state index in [9.17, 15) is 48.0 Å². The van der Waals surface area contributed by atoms with E-state index in [2.05, 4.69) is 0 Å².